The van der Waals surface area contributed by atoms with Crippen LogP contribution in [0.15, 0.2) is 66.7 Å². The average Bonchev–Trinajstić information content (AvgIpc) is 3.08. The summed E-state index contributed by atoms with van der Waals surface area (Å²) in [5.74, 6) is 1.81. The van der Waals surface area contributed by atoms with Crippen molar-refractivity contribution in [2.45, 2.75) is 0 Å². The third kappa shape index (κ3) is 4.42. The number of fused-ring (bicyclic) bond motifs is 1. The molecular weight excluding hydrogens is 402 g/mol. The van der Waals surface area contributed by atoms with Gasteiger partial charge >= 0.3 is 0 Å². The van der Waals surface area contributed by atoms with Gasteiger partial charge in [0.05, 0.1) is 7.11 Å². The zero-order chi connectivity index (χ0) is 20.9. The van der Waals surface area contributed by atoms with Gasteiger partial charge in [-0.15, -0.1) is 0 Å². The first kappa shape index (κ1) is 19.9. The van der Waals surface area contributed by atoms with E-state index in [9.17, 15) is 4.79 Å². The Balaban J connectivity index is 1.43. The Kier molecular flexibility index (Phi) is 5.91. The number of nitrogens with one attached hydrogen (secondary N) is 1. The molecule has 0 saturated heterocycles. The van der Waals surface area contributed by atoms with Crippen molar-refractivity contribution in [3.05, 3.63) is 82.9 Å². The molecule has 3 aromatic rings. The van der Waals surface area contributed by atoms with Crippen LogP contribution in [0.5, 0.6) is 17.2 Å². The van der Waals surface area contributed by atoms with E-state index in [0.29, 0.717) is 35.3 Å². The summed E-state index contributed by atoms with van der Waals surface area (Å²) in [5.41, 5.74) is 3.18. The number of hydrogen-bond donors (Lipinski definition) is 1. The average molecular weight is 422 g/mol. The van der Waals surface area contributed by atoms with Crippen molar-refractivity contribution in [1.29, 1.82) is 0 Å². The first-order valence-corrected chi connectivity index (χ1v) is 9.83. The van der Waals surface area contributed by atoms with Crippen LogP contribution in [-0.4, -0.2) is 26.2 Å². The molecule has 0 unspecified atom stereocenters. The first-order valence-electron chi connectivity index (χ1n) is 9.46. The van der Waals surface area contributed by atoms with Crippen molar-refractivity contribution < 1.29 is 19.0 Å². The topological polar surface area (TPSA) is 56.8 Å². The molecule has 0 radical (unpaired) electrons. The van der Waals surface area contributed by atoms with E-state index < -0.39 is 0 Å². The summed E-state index contributed by atoms with van der Waals surface area (Å²) < 4.78 is 16.9. The number of hydrogen-bond acceptors (Lipinski definition) is 4. The van der Waals surface area contributed by atoms with Gasteiger partial charge in [0, 0.05) is 21.8 Å². The van der Waals surface area contributed by atoms with Crippen molar-refractivity contribution >= 4 is 34.8 Å². The fourth-order valence-corrected chi connectivity index (χ4v) is 3.31. The van der Waals surface area contributed by atoms with E-state index in [4.69, 9.17) is 25.8 Å². The van der Waals surface area contributed by atoms with Gasteiger partial charge in [0.25, 0.3) is 5.91 Å². The van der Waals surface area contributed by atoms with Gasteiger partial charge in [0.1, 0.15) is 19.0 Å². The quantitative estimate of drug-likeness (QED) is 0.415. The Morgan fingerprint density at radius 3 is 2.50 bits per heavy atom. The highest BCUT2D eigenvalue weighted by atomic mass is 35.5. The van der Waals surface area contributed by atoms with E-state index in [2.05, 4.69) is 5.32 Å². The van der Waals surface area contributed by atoms with Crippen LogP contribution in [0.2, 0.25) is 5.02 Å². The number of benzene rings is 3. The minimum atomic E-state index is -0.116. The molecule has 1 N–H and O–H groups in total. The summed E-state index contributed by atoms with van der Waals surface area (Å²) in [7, 11) is 1.58. The molecule has 1 aliphatic heterocycles. The lowest BCUT2D eigenvalue weighted by atomic mass is 10.0. The number of anilines is 1. The maximum absolute atomic E-state index is 12.3. The Hall–Kier alpha value is -3.44. The van der Waals surface area contributed by atoms with E-state index in [1.807, 2.05) is 60.7 Å². The van der Waals surface area contributed by atoms with Crippen LogP contribution in [0, 0.1) is 0 Å². The summed E-state index contributed by atoms with van der Waals surface area (Å²) in [4.78, 5) is 12.3. The molecule has 5 nitrogen and oxygen atoms in total. The van der Waals surface area contributed by atoms with Crippen molar-refractivity contribution in [1.82, 2.24) is 0 Å². The number of methoxy groups -OCH3 is 1. The Labute approximate surface area is 179 Å². The monoisotopic (exact) mass is 421 g/mol. The minimum absolute atomic E-state index is 0.116. The maximum atomic E-state index is 12.3. The number of rotatable bonds is 7. The normalized spacial score (nSPS) is 13.7. The number of ether oxygens (including phenoxy) is 3. The van der Waals surface area contributed by atoms with Gasteiger partial charge in [0.15, 0.2) is 11.5 Å². The van der Waals surface area contributed by atoms with Gasteiger partial charge < -0.3 is 19.5 Å². The molecule has 3 aromatic carbocycles. The lowest BCUT2D eigenvalue weighted by Crippen LogP contribution is -2.09. The molecule has 30 heavy (non-hydrogen) atoms. The van der Waals surface area contributed by atoms with Gasteiger partial charge in [-0.25, -0.2) is 0 Å². The number of halogens is 1. The van der Waals surface area contributed by atoms with Gasteiger partial charge in [-0.3, -0.25) is 4.79 Å². The predicted molar refractivity (Wildman–Crippen MR) is 118 cm³/mol. The maximum Gasteiger partial charge on any atom is 0.256 e. The zero-order valence-corrected chi connectivity index (χ0v) is 17.1. The molecule has 6 heteroatoms. The molecule has 0 fully saturated rings. The van der Waals surface area contributed by atoms with E-state index in [-0.39, 0.29) is 5.91 Å². The Bertz CT molecular complexity index is 1090. The summed E-state index contributed by atoms with van der Waals surface area (Å²) in [6, 6.07) is 20.3. The molecule has 0 aromatic heterocycles. The predicted octanol–water partition coefficient (Wildman–Crippen LogP) is 5.30. The molecule has 1 amide bonds. The van der Waals surface area contributed by atoms with Gasteiger partial charge in [-0.05, 0) is 54.1 Å². The Morgan fingerprint density at radius 2 is 1.70 bits per heavy atom. The van der Waals surface area contributed by atoms with Crippen LogP contribution in [0.25, 0.3) is 11.6 Å². The van der Waals surface area contributed by atoms with Crippen molar-refractivity contribution in [2.75, 3.05) is 25.6 Å². The van der Waals surface area contributed by atoms with E-state index >= 15 is 0 Å². The summed E-state index contributed by atoms with van der Waals surface area (Å²) in [6.07, 6.45) is 1.84. The largest absolute Gasteiger partial charge is 0.493 e. The number of amides is 1. The number of carbonyl (C=O) groups is 1. The summed E-state index contributed by atoms with van der Waals surface area (Å²) in [6.45, 7) is 0.739. The number of para-hydroxylation sites is 1. The van der Waals surface area contributed by atoms with Crippen molar-refractivity contribution in [2.24, 2.45) is 0 Å². The molecule has 0 saturated carbocycles. The second-order valence-corrected chi connectivity index (χ2v) is 7.06. The number of carbonyl (C=O) groups excluding carboxylic acids is 1. The molecule has 152 valence electrons. The molecule has 0 spiro atoms. The van der Waals surface area contributed by atoms with Crippen LogP contribution in [0.1, 0.15) is 11.1 Å². The van der Waals surface area contributed by atoms with E-state index in [1.54, 1.807) is 19.2 Å². The summed E-state index contributed by atoms with van der Waals surface area (Å²) in [5, 5.41) is 3.54. The SMILES string of the molecule is COc1cc(/C=C2/C(=O)Nc3ccccc32)ccc1OCCOc1ccc(Cl)cc1. The van der Waals surface area contributed by atoms with Crippen molar-refractivity contribution in [3.8, 4) is 17.2 Å². The molecule has 0 aliphatic carbocycles. The fourth-order valence-electron chi connectivity index (χ4n) is 3.18. The first-order chi connectivity index (χ1) is 14.6. The molecule has 0 bridgehead atoms. The van der Waals surface area contributed by atoms with Crippen LogP contribution in [-0.2, 0) is 4.79 Å². The molecule has 0 atom stereocenters. The van der Waals surface area contributed by atoms with Crippen LogP contribution in [0.4, 0.5) is 5.69 Å². The molecule has 4 rings (SSSR count). The molecular formula is C24H20ClNO4. The zero-order valence-electron chi connectivity index (χ0n) is 16.4. The van der Waals surface area contributed by atoms with Crippen LogP contribution >= 0.6 is 11.6 Å². The van der Waals surface area contributed by atoms with Crippen molar-refractivity contribution in [3.63, 3.8) is 0 Å². The second kappa shape index (κ2) is 8.93. The van der Waals surface area contributed by atoms with E-state index in [1.165, 1.54) is 0 Å². The lowest BCUT2D eigenvalue weighted by Gasteiger charge is -2.12. The highest BCUT2D eigenvalue weighted by molar-refractivity contribution is 6.34. The second-order valence-electron chi connectivity index (χ2n) is 6.62. The van der Waals surface area contributed by atoms with Crippen LogP contribution < -0.4 is 19.5 Å². The lowest BCUT2D eigenvalue weighted by molar-refractivity contribution is -0.110. The third-order valence-electron chi connectivity index (χ3n) is 4.63. The highest BCUT2D eigenvalue weighted by Crippen LogP contribution is 2.34. The van der Waals surface area contributed by atoms with Crippen LogP contribution in [0.3, 0.4) is 0 Å². The highest BCUT2D eigenvalue weighted by Gasteiger charge is 2.23. The summed E-state index contributed by atoms with van der Waals surface area (Å²) >= 11 is 5.87. The standard InChI is InChI=1S/C24H20ClNO4/c1-28-23-15-16(14-20-19-4-2-3-5-21(19)26-24(20)27)6-11-22(23)30-13-12-29-18-9-7-17(25)8-10-18/h2-11,14-15H,12-13H2,1H3,(H,26,27)/b20-14+. The van der Waals surface area contributed by atoms with Gasteiger partial charge in [-0.1, -0.05) is 35.9 Å². The third-order valence-corrected chi connectivity index (χ3v) is 4.88. The molecule has 1 aliphatic rings. The van der Waals surface area contributed by atoms with E-state index in [0.717, 1.165) is 22.6 Å². The minimum Gasteiger partial charge on any atom is -0.493 e. The smallest absolute Gasteiger partial charge is 0.256 e. The molecule has 1 heterocycles. The van der Waals surface area contributed by atoms with Gasteiger partial charge in [-0.2, -0.15) is 0 Å². The Morgan fingerprint density at radius 1 is 0.933 bits per heavy atom. The van der Waals surface area contributed by atoms with Gasteiger partial charge in [0.2, 0.25) is 0 Å². The fraction of sp³-hybridized carbons (Fsp3) is 0.125.